The number of benzene rings is 2. The normalized spacial score (nSPS) is 10.6. The third-order valence-electron chi connectivity index (χ3n) is 3.76. The van der Waals surface area contributed by atoms with Gasteiger partial charge in [0.15, 0.2) is 0 Å². The summed E-state index contributed by atoms with van der Waals surface area (Å²) in [6.45, 7) is 3.11. The standard InChI is InChI=1S/C21H20ClNO3/c1-15-3-5-16(6-4-15)17-13-20(22)23-21(14-17)26-19-9-7-18(8-10-19)25-12-11-24-2/h3-10,13-14H,11-12H2,1-2H3. The van der Waals surface area contributed by atoms with Crippen molar-refractivity contribution in [3.8, 4) is 28.5 Å². The summed E-state index contributed by atoms with van der Waals surface area (Å²) in [6.07, 6.45) is 0. The van der Waals surface area contributed by atoms with Crippen LogP contribution in [0.1, 0.15) is 5.56 Å². The van der Waals surface area contributed by atoms with Crippen LogP contribution in [0.25, 0.3) is 11.1 Å². The second kappa shape index (κ2) is 8.70. The Morgan fingerprint density at radius 2 is 1.54 bits per heavy atom. The van der Waals surface area contributed by atoms with Crippen LogP contribution in [0, 0.1) is 6.92 Å². The third-order valence-corrected chi connectivity index (χ3v) is 3.95. The molecule has 2 aromatic carbocycles. The average molecular weight is 370 g/mol. The molecule has 0 fully saturated rings. The number of ether oxygens (including phenoxy) is 3. The highest BCUT2D eigenvalue weighted by Gasteiger charge is 2.06. The smallest absolute Gasteiger partial charge is 0.221 e. The molecule has 0 amide bonds. The van der Waals surface area contributed by atoms with Gasteiger partial charge in [0.25, 0.3) is 0 Å². The molecule has 1 heterocycles. The highest BCUT2D eigenvalue weighted by atomic mass is 35.5. The topological polar surface area (TPSA) is 40.6 Å². The van der Waals surface area contributed by atoms with Gasteiger partial charge >= 0.3 is 0 Å². The molecular weight excluding hydrogens is 350 g/mol. The van der Waals surface area contributed by atoms with Crippen LogP contribution in [0.15, 0.2) is 60.7 Å². The number of hydrogen-bond donors (Lipinski definition) is 0. The Labute approximate surface area is 158 Å². The maximum absolute atomic E-state index is 6.17. The van der Waals surface area contributed by atoms with Crippen LogP contribution in [0.5, 0.6) is 17.4 Å². The summed E-state index contributed by atoms with van der Waals surface area (Å²) in [6, 6.07) is 19.3. The molecule has 0 saturated heterocycles. The van der Waals surface area contributed by atoms with Crippen molar-refractivity contribution < 1.29 is 14.2 Å². The zero-order valence-corrected chi connectivity index (χ0v) is 15.5. The number of hydrogen-bond acceptors (Lipinski definition) is 4. The highest BCUT2D eigenvalue weighted by molar-refractivity contribution is 6.29. The largest absolute Gasteiger partial charge is 0.491 e. The molecule has 26 heavy (non-hydrogen) atoms. The predicted octanol–water partition coefficient (Wildman–Crippen LogP) is 5.53. The van der Waals surface area contributed by atoms with Gasteiger partial charge in [-0.15, -0.1) is 0 Å². The lowest BCUT2D eigenvalue weighted by Crippen LogP contribution is -2.03. The molecule has 4 nitrogen and oxygen atoms in total. The number of methoxy groups -OCH3 is 1. The van der Waals surface area contributed by atoms with Gasteiger partial charge in [0.1, 0.15) is 23.3 Å². The lowest BCUT2D eigenvalue weighted by atomic mass is 10.1. The van der Waals surface area contributed by atoms with Gasteiger partial charge in [-0.05, 0) is 48.4 Å². The van der Waals surface area contributed by atoms with Crippen LogP contribution < -0.4 is 9.47 Å². The predicted molar refractivity (Wildman–Crippen MR) is 103 cm³/mol. The van der Waals surface area contributed by atoms with Crippen LogP contribution in [-0.4, -0.2) is 25.3 Å². The number of nitrogens with zero attached hydrogens (tertiary/aromatic N) is 1. The molecule has 0 N–H and O–H groups in total. The fraction of sp³-hybridized carbons (Fsp3) is 0.190. The van der Waals surface area contributed by atoms with Crippen molar-refractivity contribution in [2.45, 2.75) is 6.92 Å². The number of pyridine rings is 1. The zero-order chi connectivity index (χ0) is 18.4. The molecule has 1 aromatic heterocycles. The van der Waals surface area contributed by atoms with E-state index in [1.807, 2.05) is 36.4 Å². The SMILES string of the molecule is COCCOc1ccc(Oc2cc(-c3ccc(C)cc3)cc(Cl)n2)cc1. The van der Waals surface area contributed by atoms with Crippen molar-refractivity contribution in [1.29, 1.82) is 0 Å². The molecule has 0 radical (unpaired) electrons. The average Bonchev–Trinajstić information content (AvgIpc) is 2.63. The van der Waals surface area contributed by atoms with E-state index in [2.05, 4.69) is 36.2 Å². The Kier molecular flexibility index (Phi) is 6.10. The molecule has 0 atom stereocenters. The van der Waals surface area contributed by atoms with Gasteiger partial charge in [0.2, 0.25) is 5.88 Å². The molecular formula is C21H20ClNO3. The summed E-state index contributed by atoms with van der Waals surface area (Å²) >= 11 is 6.17. The summed E-state index contributed by atoms with van der Waals surface area (Å²) in [5.74, 6) is 1.86. The number of aromatic nitrogens is 1. The Bertz CT molecular complexity index is 848. The highest BCUT2D eigenvalue weighted by Crippen LogP contribution is 2.29. The van der Waals surface area contributed by atoms with E-state index in [0.717, 1.165) is 16.9 Å². The van der Waals surface area contributed by atoms with Crippen molar-refractivity contribution >= 4 is 11.6 Å². The first-order valence-corrected chi connectivity index (χ1v) is 8.66. The molecule has 0 saturated carbocycles. The van der Waals surface area contributed by atoms with E-state index < -0.39 is 0 Å². The van der Waals surface area contributed by atoms with E-state index in [4.69, 9.17) is 25.8 Å². The Morgan fingerprint density at radius 3 is 2.23 bits per heavy atom. The number of rotatable bonds is 7. The molecule has 0 spiro atoms. The first kappa shape index (κ1) is 18.2. The van der Waals surface area contributed by atoms with E-state index in [0.29, 0.717) is 30.0 Å². The number of aryl methyl sites for hydroxylation is 1. The lowest BCUT2D eigenvalue weighted by molar-refractivity contribution is 0.146. The van der Waals surface area contributed by atoms with Gasteiger partial charge in [-0.25, -0.2) is 4.98 Å². The van der Waals surface area contributed by atoms with Crippen LogP contribution in [0.4, 0.5) is 0 Å². The van der Waals surface area contributed by atoms with Crippen molar-refractivity contribution in [3.05, 3.63) is 71.4 Å². The van der Waals surface area contributed by atoms with Gasteiger partial charge in [0.05, 0.1) is 6.61 Å². The summed E-state index contributed by atoms with van der Waals surface area (Å²) in [5.41, 5.74) is 3.23. The lowest BCUT2D eigenvalue weighted by Gasteiger charge is -2.10. The fourth-order valence-electron chi connectivity index (χ4n) is 2.41. The molecule has 134 valence electrons. The maximum atomic E-state index is 6.17. The molecule has 0 unspecified atom stereocenters. The van der Waals surface area contributed by atoms with E-state index >= 15 is 0 Å². The van der Waals surface area contributed by atoms with Crippen LogP contribution >= 0.6 is 11.6 Å². The first-order valence-electron chi connectivity index (χ1n) is 8.28. The first-order chi connectivity index (χ1) is 12.6. The quantitative estimate of drug-likeness (QED) is 0.405. The second-order valence-electron chi connectivity index (χ2n) is 5.80. The molecule has 0 aliphatic carbocycles. The summed E-state index contributed by atoms with van der Waals surface area (Å²) in [5, 5.41) is 0.387. The molecule has 0 aliphatic rings. The third kappa shape index (κ3) is 4.97. The molecule has 0 aliphatic heterocycles. The van der Waals surface area contributed by atoms with Crippen LogP contribution in [0.3, 0.4) is 0 Å². The second-order valence-corrected chi connectivity index (χ2v) is 6.18. The molecule has 5 heteroatoms. The zero-order valence-electron chi connectivity index (χ0n) is 14.7. The minimum atomic E-state index is 0.387. The van der Waals surface area contributed by atoms with Gasteiger partial charge in [-0.1, -0.05) is 41.4 Å². The minimum absolute atomic E-state index is 0.387. The summed E-state index contributed by atoms with van der Waals surface area (Å²) in [4.78, 5) is 4.25. The maximum Gasteiger partial charge on any atom is 0.221 e. The van der Waals surface area contributed by atoms with Gasteiger partial charge in [-0.3, -0.25) is 0 Å². The van der Waals surface area contributed by atoms with E-state index in [9.17, 15) is 0 Å². The Balaban J connectivity index is 1.74. The summed E-state index contributed by atoms with van der Waals surface area (Å²) in [7, 11) is 1.64. The van der Waals surface area contributed by atoms with E-state index in [1.54, 1.807) is 7.11 Å². The Morgan fingerprint density at radius 1 is 0.846 bits per heavy atom. The monoisotopic (exact) mass is 369 g/mol. The van der Waals surface area contributed by atoms with Crippen molar-refractivity contribution in [2.75, 3.05) is 20.3 Å². The van der Waals surface area contributed by atoms with Crippen LogP contribution in [0.2, 0.25) is 5.15 Å². The molecule has 0 bridgehead atoms. The van der Waals surface area contributed by atoms with Crippen LogP contribution in [-0.2, 0) is 4.74 Å². The molecule has 3 aromatic rings. The number of halogens is 1. The van der Waals surface area contributed by atoms with E-state index in [1.165, 1.54) is 5.56 Å². The Hall–Kier alpha value is -2.56. The minimum Gasteiger partial charge on any atom is -0.491 e. The van der Waals surface area contributed by atoms with Crippen molar-refractivity contribution in [1.82, 2.24) is 4.98 Å². The summed E-state index contributed by atoms with van der Waals surface area (Å²) < 4.78 is 16.4. The fourth-order valence-corrected chi connectivity index (χ4v) is 2.61. The van der Waals surface area contributed by atoms with Crippen molar-refractivity contribution in [3.63, 3.8) is 0 Å². The van der Waals surface area contributed by atoms with Gasteiger partial charge in [0, 0.05) is 13.2 Å². The van der Waals surface area contributed by atoms with Gasteiger partial charge in [-0.2, -0.15) is 0 Å². The van der Waals surface area contributed by atoms with E-state index in [-0.39, 0.29) is 0 Å². The van der Waals surface area contributed by atoms with Gasteiger partial charge < -0.3 is 14.2 Å². The van der Waals surface area contributed by atoms with Crippen molar-refractivity contribution in [2.24, 2.45) is 0 Å². The molecule has 3 rings (SSSR count).